The second-order valence-electron chi connectivity index (χ2n) is 18.2. The quantitative estimate of drug-likeness (QED) is 0.172. The minimum Gasteiger partial charge on any atom is -0.337 e. The Morgan fingerprint density at radius 3 is 1.54 bits per heavy atom. The molecule has 70 heavy (non-hydrogen) atoms. The Bertz CT molecular complexity index is 3210. The lowest BCUT2D eigenvalue weighted by Crippen LogP contribution is -2.52. The summed E-state index contributed by atoms with van der Waals surface area (Å²) in [4.78, 5) is 68.3. The van der Waals surface area contributed by atoms with Gasteiger partial charge in [0.1, 0.15) is 27.3 Å². The number of nitrogens with one attached hydrogen (secondary N) is 2. The summed E-state index contributed by atoms with van der Waals surface area (Å²) in [5.41, 5.74) is 8.16. The highest BCUT2D eigenvalue weighted by Crippen LogP contribution is 2.37. The molecule has 0 unspecified atom stereocenters. The molecule has 354 valence electrons. The van der Waals surface area contributed by atoms with E-state index in [1.165, 1.54) is 11.1 Å². The molecule has 0 bridgehead atoms. The number of urea groups is 2. The Labute approximate surface area is 419 Å². The molecule has 0 radical (unpaired) electrons. The molecule has 4 amide bonds. The van der Waals surface area contributed by atoms with E-state index >= 15 is 0 Å². The van der Waals surface area contributed by atoms with Crippen molar-refractivity contribution in [2.45, 2.75) is 49.9 Å². The van der Waals surface area contributed by atoms with Crippen LogP contribution in [0.3, 0.4) is 0 Å². The number of benzene rings is 2. The smallest absolute Gasteiger partial charge is 0.317 e. The number of rotatable bonds is 5. The predicted molar refractivity (Wildman–Crippen MR) is 272 cm³/mol. The van der Waals surface area contributed by atoms with E-state index in [1.54, 1.807) is 12.4 Å². The molecule has 2 N–H and O–H groups in total. The third kappa shape index (κ3) is 8.45. The number of amides is 4. The van der Waals surface area contributed by atoms with E-state index in [9.17, 15) is 9.59 Å². The summed E-state index contributed by atoms with van der Waals surface area (Å²) in [7, 11) is 0. The number of fused-ring (bicyclic) bond motifs is 8. The zero-order valence-corrected chi connectivity index (χ0v) is 41.2. The van der Waals surface area contributed by atoms with Crippen molar-refractivity contribution in [3.05, 3.63) is 142 Å². The summed E-state index contributed by atoms with van der Waals surface area (Å²) in [6, 6.07) is 30.3. The Hall–Kier alpha value is -7.06. The van der Waals surface area contributed by atoms with Crippen LogP contribution in [-0.2, 0) is 12.8 Å². The van der Waals surface area contributed by atoms with Gasteiger partial charge in [-0.05, 0) is 80.1 Å². The van der Waals surface area contributed by atoms with Crippen LogP contribution in [0, 0.1) is 0 Å². The first kappa shape index (κ1) is 44.2. The maximum atomic E-state index is 11.9. The normalized spacial score (nSPS) is 21.1. The molecule has 0 spiro atoms. The van der Waals surface area contributed by atoms with Gasteiger partial charge in [-0.15, -0.1) is 0 Å². The minimum atomic E-state index is 0.0308. The number of hydrogen-bond acceptors (Lipinski definition) is 12. The Morgan fingerprint density at radius 1 is 0.529 bits per heavy atom. The number of nitrogens with zero attached hydrogens (tertiary/aromatic N) is 14. The van der Waals surface area contributed by atoms with Gasteiger partial charge in [0.05, 0.1) is 34.3 Å². The molecule has 6 aliphatic heterocycles. The lowest BCUT2D eigenvalue weighted by atomic mass is 10.0. The number of anilines is 2. The number of carbonyl (C=O) groups is 2. The largest absolute Gasteiger partial charge is 0.337 e. The first-order chi connectivity index (χ1) is 34.3. The van der Waals surface area contributed by atoms with Crippen molar-refractivity contribution in [2.24, 2.45) is 0 Å². The average Bonchev–Trinajstić information content (AvgIpc) is 4.28. The molecular formula is C50H48Br2N16O2. The zero-order valence-electron chi connectivity index (χ0n) is 38.0. The molecule has 4 fully saturated rings. The second-order valence-corrected chi connectivity index (χ2v) is 19.9. The van der Waals surface area contributed by atoms with E-state index in [0.29, 0.717) is 31.6 Å². The van der Waals surface area contributed by atoms with E-state index in [4.69, 9.17) is 9.97 Å². The molecule has 4 atom stereocenters. The number of imidazole rings is 2. The molecule has 2 aromatic carbocycles. The first-order valence-electron chi connectivity index (χ1n) is 23.7. The molecule has 4 saturated heterocycles. The number of carbonyl (C=O) groups excluding carboxylic acids is 2. The second kappa shape index (κ2) is 18.7. The van der Waals surface area contributed by atoms with Crippen LogP contribution in [0.5, 0.6) is 0 Å². The number of aryl methyl sites for hydroxylation is 2. The van der Waals surface area contributed by atoms with Gasteiger partial charge < -0.3 is 39.4 Å². The Kier molecular flexibility index (Phi) is 11.8. The molecule has 20 heteroatoms. The van der Waals surface area contributed by atoms with E-state index in [2.05, 4.69) is 152 Å². The van der Waals surface area contributed by atoms with Gasteiger partial charge in [0.25, 0.3) is 0 Å². The molecule has 12 heterocycles. The van der Waals surface area contributed by atoms with Crippen LogP contribution < -0.4 is 20.4 Å². The van der Waals surface area contributed by atoms with Gasteiger partial charge in [0.2, 0.25) is 11.9 Å². The van der Waals surface area contributed by atoms with Crippen molar-refractivity contribution < 1.29 is 9.59 Å². The maximum Gasteiger partial charge on any atom is 0.317 e. The molecule has 0 aliphatic carbocycles. The minimum absolute atomic E-state index is 0.0308. The van der Waals surface area contributed by atoms with E-state index in [0.717, 1.165) is 119 Å². The van der Waals surface area contributed by atoms with Crippen LogP contribution in [0.4, 0.5) is 21.5 Å². The summed E-state index contributed by atoms with van der Waals surface area (Å²) >= 11 is 6.77. The topological polar surface area (TPSA) is 184 Å². The van der Waals surface area contributed by atoms with Gasteiger partial charge in [-0.1, -0.05) is 60.7 Å². The van der Waals surface area contributed by atoms with Crippen LogP contribution in [0.1, 0.15) is 47.7 Å². The Morgan fingerprint density at radius 2 is 1.01 bits per heavy atom. The standard InChI is InChI=1S/C25H24N8O.C15H12BrN3.C10H12BrN5O/c34-25-28-14-18-15-31(10-11-32(18)25)24-26-12-17(13-27-24)19-6-7-20-23(30-19)33-21(8-9-22(33)29-20)16-4-2-1-3-5-16;16-13-8-6-11-15(18-13)19-12(7-9-14(19)17-11)10-4-2-1-3-5-10;11-7-3-12-9(13-4-7)15-1-2-16-8(6-15)5-14-10(16)17/h1-7,12-13,18,21H,8-11,14-15H2,(H,28,34);1-6,8,12H,7,9H2;3-4,8H,1-2,5-6H2,(H,14,17)/t18-,21+;12-;8-/m010/s1. The fraction of sp³-hybridized carbons (Fsp3) is 0.320. The third-order valence-electron chi connectivity index (χ3n) is 14.0. The molecular weight excluding hydrogens is 1020 g/mol. The van der Waals surface area contributed by atoms with Gasteiger partial charge in [-0.25, -0.2) is 49.5 Å². The molecule has 0 saturated carbocycles. The van der Waals surface area contributed by atoms with Crippen LogP contribution in [-0.4, -0.2) is 135 Å². The predicted octanol–water partition coefficient (Wildman–Crippen LogP) is 6.82. The van der Waals surface area contributed by atoms with Crippen molar-refractivity contribution in [3.63, 3.8) is 0 Å². The molecule has 14 rings (SSSR count). The zero-order chi connectivity index (χ0) is 47.3. The number of piperazine rings is 2. The summed E-state index contributed by atoms with van der Waals surface area (Å²) in [5.74, 6) is 3.67. The van der Waals surface area contributed by atoms with Crippen LogP contribution in [0.25, 0.3) is 33.6 Å². The van der Waals surface area contributed by atoms with Gasteiger partial charge in [-0.2, -0.15) is 0 Å². The van der Waals surface area contributed by atoms with Crippen molar-refractivity contribution in [1.29, 1.82) is 0 Å². The maximum absolute atomic E-state index is 11.9. The highest BCUT2D eigenvalue weighted by atomic mass is 79.9. The molecule has 6 aromatic heterocycles. The summed E-state index contributed by atoms with van der Waals surface area (Å²) in [6.45, 7) is 5.86. The van der Waals surface area contributed by atoms with Crippen molar-refractivity contribution >= 4 is 78.1 Å². The van der Waals surface area contributed by atoms with E-state index in [1.807, 2.05) is 46.5 Å². The van der Waals surface area contributed by atoms with Crippen molar-refractivity contribution in [1.82, 2.24) is 69.4 Å². The number of halogens is 2. The lowest BCUT2D eigenvalue weighted by Gasteiger charge is -2.36. The molecule has 6 aliphatic rings. The van der Waals surface area contributed by atoms with Gasteiger partial charge >= 0.3 is 12.1 Å². The highest BCUT2D eigenvalue weighted by molar-refractivity contribution is 9.10. The van der Waals surface area contributed by atoms with E-state index in [-0.39, 0.29) is 30.2 Å². The van der Waals surface area contributed by atoms with Crippen molar-refractivity contribution in [3.8, 4) is 11.3 Å². The lowest BCUT2D eigenvalue weighted by molar-refractivity contribution is 0.196. The van der Waals surface area contributed by atoms with Gasteiger partial charge in [-0.3, -0.25) is 0 Å². The van der Waals surface area contributed by atoms with Crippen LogP contribution in [0.15, 0.2) is 119 Å². The summed E-state index contributed by atoms with van der Waals surface area (Å²) < 4.78 is 6.31. The van der Waals surface area contributed by atoms with Gasteiger partial charge in [0, 0.05) is 95.6 Å². The van der Waals surface area contributed by atoms with E-state index < -0.39 is 0 Å². The van der Waals surface area contributed by atoms with Crippen molar-refractivity contribution in [2.75, 3.05) is 62.2 Å². The first-order valence-corrected chi connectivity index (χ1v) is 25.3. The number of aromatic nitrogens is 10. The number of hydrogen-bond donors (Lipinski definition) is 2. The van der Waals surface area contributed by atoms with Crippen LogP contribution in [0.2, 0.25) is 0 Å². The SMILES string of the molecule is Brc1ccc2nc3n(c2n1)[C@@H](c1ccccc1)CC3.O=C1NC[C@H]2CN(c3ncc(-c4ccc5nc6n(c5n4)[C@@H](c4ccccc4)CC6)cn3)CCN12.O=C1NC[C@H]2CN(c3ncc(Br)cn3)CCN12. The monoisotopic (exact) mass is 1060 g/mol. The average molecular weight is 1060 g/mol. The highest BCUT2D eigenvalue weighted by Gasteiger charge is 2.38. The summed E-state index contributed by atoms with van der Waals surface area (Å²) in [5, 5.41) is 5.77. The Balaban J connectivity index is 0.000000118. The fourth-order valence-electron chi connectivity index (χ4n) is 10.6. The van der Waals surface area contributed by atoms with Gasteiger partial charge in [0.15, 0.2) is 11.3 Å². The number of pyridine rings is 2. The summed E-state index contributed by atoms with van der Waals surface area (Å²) in [6.07, 6.45) is 11.3. The fourth-order valence-corrected chi connectivity index (χ4v) is 11.1. The third-order valence-corrected chi connectivity index (χ3v) is 14.9. The molecule has 18 nitrogen and oxygen atoms in total. The molecule has 8 aromatic rings. The van der Waals surface area contributed by atoms with Crippen LogP contribution >= 0.6 is 31.9 Å².